The van der Waals surface area contributed by atoms with Crippen LogP contribution in [0.4, 0.5) is 0 Å². The minimum Gasteiger partial charge on any atom is -0.458 e. The Balaban J connectivity index is 2.61. The van der Waals surface area contributed by atoms with Crippen molar-refractivity contribution in [3.63, 3.8) is 0 Å². The third-order valence-electron chi connectivity index (χ3n) is 2.09. The van der Waals surface area contributed by atoms with Crippen LogP contribution in [0.2, 0.25) is 0 Å². The second kappa shape index (κ2) is 3.77. The lowest BCUT2D eigenvalue weighted by Gasteiger charge is -2.18. The lowest BCUT2D eigenvalue weighted by molar-refractivity contribution is -0.147. The largest absolute Gasteiger partial charge is 0.458 e. The van der Waals surface area contributed by atoms with Crippen LogP contribution in [0.5, 0.6) is 0 Å². The molecule has 0 N–H and O–H groups in total. The molecule has 0 aliphatic carbocycles. The van der Waals surface area contributed by atoms with Gasteiger partial charge in [0.05, 0.1) is 5.92 Å². The Hall–Kier alpha value is -0.0600. The van der Waals surface area contributed by atoms with Crippen molar-refractivity contribution in [1.82, 2.24) is 0 Å². The number of ether oxygens (including phenoxy) is 1. The highest BCUT2D eigenvalue weighted by atomic mass is 127. The number of rotatable bonds is 3. The van der Waals surface area contributed by atoms with E-state index in [4.69, 9.17) is 4.74 Å². The maximum atomic E-state index is 11.3. The van der Waals surface area contributed by atoms with Crippen molar-refractivity contribution in [3.8, 4) is 0 Å². The molecule has 0 aromatic heterocycles. The first-order chi connectivity index (χ1) is 5.61. The van der Waals surface area contributed by atoms with Gasteiger partial charge in [0.15, 0.2) is 0 Å². The summed E-state index contributed by atoms with van der Waals surface area (Å²) >= 11 is 2.25. The number of hydrogen-bond acceptors (Lipinski definition) is 2. The second-order valence-corrected chi connectivity index (χ2v) is 4.19. The summed E-state index contributed by atoms with van der Waals surface area (Å²) in [5, 5.41) is 0. The van der Waals surface area contributed by atoms with E-state index in [0.29, 0.717) is 0 Å². The lowest BCUT2D eigenvalue weighted by atomic mass is 9.95. The van der Waals surface area contributed by atoms with E-state index in [1.165, 1.54) is 0 Å². The van der Waals surface area contributed by atoms with Crippen LogP contribution in [0.1, 0.15) is 19.8 Å². The third kappa shape index (κ3) is 2.00. The number of carbonyl (C=O) groups is 1. The number of halogens is 1. The third-order valence-corrected chi connectivity index (χ3v) is 3.71. The molecule has 0 spiro atoms. The van der Waals surface area contributed by atoms with Gasteiger partial charge in [0, 0.05) is 10.8 Å². The molecule has 0 unspecified atom stereocenters. The van der Waals surface area contributed by atoms with Gasteiger partial charge in [-0.25, -0.2) is 0 Å². The molecule has 1 saturated heterocycles. The topological polar surface area (TPSA) is 26.3 Å². The van der Waals surface area contributed by atoms with Crippen molar-refractivity contribution in [3.05, 3.63) is 12.7 Å². The van der Waals surface area contributed by atoms with Crippen molar-refractivity contribution in [1.29, 1.82) is 0 Å². The molecule has 0 radical (unpaired) electrons. The highest BCUT2D eigenvalue weighted by Gasteiger charge is 2.41. The Morgan fingerprint density at radius 1 is 1.92 bits per heavy atom. The molecule has 1 aliphatic rings. The number of carbonyl (C=O) groups excluding carboxylic acids is 1. The summed E-state index contributed by atoms with van der Waals surface area (Å²) in [5.41, 5.74) is -0.231. The number of esters is 1. The summed E-state index contributed by atoms with van der Waals surface area (Å²) in [6, 6.07) is 0. The predicted molar refractivity (Wildman–Crippen MR) is 56.3 cm³/mol. The molecule has 12 heavy (non-hydrogen) atoms. The monoisotopic (exact) mass is 280 g/mol. The molecule has 0 saturated carbocycles. The quantitative estimate of drug-likeness (QED) is 0.343. The van der Waals surface area contributed by atoms with E-state index < -0.39 is 0 Å². The van der Waals surface area contributed by atoms with Gasteiger partial charge in [-0.15, -0.1) is 6.58 Å². The van der Waals surface area contributed by atoms with E-state index in [1.54, 1.807) is 6.08 Å². The van der Waals surface area contributed by atoms with Gasteiger partial charge in [-0.1, -0.05) is 28.7 Å². The van der Waals surface area contributed by atoms with E-state index in [1.807, 2.05) is 6.92 Å². The van der Waals surface area contributed by atoms with Crippen molar-refractivity contribution < 1.29 is 9.53 Å². The predicted octanol–water partition coefficient (Wildman–Crippen LogP) is 2.32. The van der Waals surface area contributed by atoms with Crippen molar-refractivity contribution in [2.45, 2.75) is 25.4 Å². The summed E-state index contributed by atoms with van der Waals surface area (Å²) in [6.45, 7) is 5.61. The zero-order valence-corrected chi connectivity index (χ0v) is 9.34. The van der Waals surface area contributed by atoms with Crippen LogP contribution in [0.25, 0.3) is 0 Å². The van der Waals surface area contributed by atoms with E-state index in [0.717, 1.165) is 17.3 Å². The molecule has 1 heterocycles. The molecule has 0 aromatic carbocycles. The molecule has 0 bridgehead atoms. The summed E-state index contributed by atoms with van der Waals surface area (Å²) in [4.78, 5) is 11.3. The fourth-order valence-corrected chi connectivity index (χ4v) is 1.90. The first-order valence-electron chi connectivity index (χ1n) is 4.01. The molecule has 0 amide bonds. The Morgan fingerprint density at radius 3 is 3.00 bits per heavy atom. The second-order valence-electron chi connectivity index (χ2n) is 3.43. The molecule has 0 aromatic rings. The molecular weight excluding hydrogens is 267 g/mol. The maximum absolute atomic E-state index is 11.3. The smallest absolute Gasteiger partial charge is 0.309 e. The minimum atomic E-state index is -0.231. The summed E-state index contributed by atoms with van der Waals surface area (Å²) in [6.07, 6.45) is 3.36. The van der Waals surface area contributed by atoms with Crippen molar-refractivity contribution >= 4 is 28.6 Å². The molecule has 1 rings (SSSR count). The van der Waals surface area contributed by atoms with Crippen molar-refractivity contribution in [2.75, 3.05) is 4.43 Å². The van der Waals surface area contributed by atoms with Crippen LogP contribution in [0.3, 0.4) is 0 Å². The van der Waals surface area contributed by atoms with Gasteiger partial charge in [-0.2, -0.15) is 0 Å². The van der Waals surface area contributed by atoms with Gasteiger partial charge < -0.3 is 4.74 Å². The van der Waals surface area contributed by atoms with Gasteiger partial charge in [0.2, 0.25) is 0 Å². The number of alkyl halides is 1. The SMILES string of the molecule is C=CC[C@H]1C[C@@](C)(CI)OC1=O. The summed E-state index contributed by atoms with van der Waals surface area (Å²) < 4.78 is 6.13. The average Bonchev–Trinajstić information content (AvgIpc) is 2.30. The number of cyclic esters (lactones) is 1. The molecular formula is C9H13IO2. The highest BCUT2D eigenvalue weighted by Crippen LogP contribution is 2.34. The van der Waals surface area contributed by atoms with Crippen LogP contribution in [0, 0.1) is 5.92 Å². The Labute approximate surface area is 86.5 Å². The van der Waals surface area contributed by atoms with Crippen LogP contribution >= 0.6 is 22.6 Å². The first-order valence-corrected chi connectivity index (χ1v) is 5.53. The molecule has 2 nitrogen and oxygen atoms in total. The Bertz CT molecular complexity index is 203. The molecule has 2 atom stereocenters. The van der Waals surface area contributed by atoms with Gasteiger partial charge >= 0.3 is 5.97 Å². The fourth-order valence-electron chi connectivity index (χ4n) is 1.43. The Kier molecular flexibility index (Phi) is 3.15. The first kappa shape index (κ1) is 10.0. The number of allylic oxidation sites excluding steroid dienone is 1. The van der Waals surface area contributed by atoms with Crippen LogP contribution in [-0.4, -0.2) is 16.0 Å². The van der Waals surface area contributed by atoms with E-state index >= 15 is 0 Å². The summed E-state index contributed by atoms with van der Waals surface area (Å²) in [5.74, 6) is -0.0173. The Morgan fingerprint density at radius 2 is 2.58 bits per heavy atom. The van der Waals surface area contributed by atoms with Gasteiger partial charge in [-0.3, -0.25) is 4.79 Å². The van der Waals surface area contributed by atoms with Crippen LogP contribution < -0.4 is 0 Å². The maximum Gasteiger partial charge on any atom is 0.309 e. The molecule has 68 valence electrons. The van der Waals surface area contributed by atoms with Gasteiger partial charge in [-0.05, 0) is 13.3 Å². The van der Waals surface area contributed by atoms with Gasteiger partial charge in [0.1, 0.15) is 5.60 Å². The summed E-state index contributed by atoms with van der Waals surface area (Å²) in [7, 11) is 0. The fraction of sp³-hybridized carbons (Fsp3) is 0.667. The standard InChI is InChI=1S/C9H13IO2/c1-3-4-7-5-9(2,6-10)12-8(7)11/h3,7H,1,4-6H2,2H3/t7-,9-/m0/s1. The van der Waals surface area contributed by atoms with Crippen LogP contribution in [-0.2, 0) is 9.53 Å². The average molecular weight is 280 g/mol. The zero-order chi connectivity index (χ0) is 9.19. The molecule has 3 heteroatoms. The zero-order valence-electron chi connectivity index (χ0n) is 7.18. The lowest BCUT2D eigenvalue weighted by Crippen LogP contribution is -2.25. The normalized spacial score (nSPS) is 34.8. The van der Waals surface area contributed by atoms with E-state index in [-0.39, 0.29) is 17.5 Å². The number of hydrogen-bond donors (Lipinski definition) is 0. The van der Waals surface area contributed by atoms with Crippen molar-refractivity contribution in [2.24, 2.45) is 5.92 Å². The van der Waals surface area contributed by atoms with Gasteiger partial charge in [0.25, 0.3) is 0 Å². The highest BCUT2D eigenvalue weighted by molar-refractivity contribution is 14.1. The van der Waals surface area contributed by atoms with Crippen LogP contribution in [0.15, 0.2) is 12.7 Å². The van der Waals surface area contributed by atoms with E-state index in [2.05, 4.69) is 29.2 Å². The van der Waals surface area contributed by atoms with E-state index in [9.17, 15) is 4.79 Å². The molecule has 1 fully saturated rings. The minimum absolute atomic E-state index is 0.0438. The molecule has 1 aliphatic heterocycles.